The van der Waals surface area contributed by atoms with E-state index in [1.54, 1.807) is 0 Å². The van der Waals surface area contributed by atoms with Gasteiger partial charge < -0.3 is 16.0 Å². The van der Waals surface area contributed by atoms with Gasteiger partial charge in [-0.1, -0.05) is 31.2 Å². The molecule has 1 heterocycles. The van der Waals surface area contributed by atoms with Crippen molar-refractivity contribution in [3.63, 3.8) is 0 Å². The number of primary amides is 1. The first-order chi connectivity index (χ1) is 15.6. The quantitative estimate of drug-likeness (QED) is 0.604. The largest absolute Gasteiger partial charge is 0.416 e. The standard InChI is InChI=1S/C25H30F3N3O2/c1-17(19-4-6-21(7-5-19)25(26,27)28)16-23(32)30-22-8-2-18(3-9-22)10-13-31-14-11-20(12-15-31)24(29)33/h2-9,17,20H,10-16H2,1H3,(H2,29,33)(H,30,32). The van der Waals surface area contributed by atoms with Crippen LogP contribution in [0.1, 0.15) is 48.8 Å². The molecule has 2 aromatic carbocycles. The van der Waals surface area contributed by atoms with Crippen molar-refractivity contribution in [2.24, 2.45) is 11.7 Å². The molecular weight excluding hydrogens is 431 g/mol. The van der Waals surface area contributed by atoms with Crippen LogP contribution in [0.4, 0.5) is 18.9 Å². The van der Waals surface area contributed by atoms with Crippen LogP contribution in [0.15, 0.2) is 48.5 Å². The van der Waals surface area contributed by atoms with Crippen LogP contribution in [-0.2, 0) is 22.2 Å². The van der Waals surface area contributed by atoms with Crippen LogP contribution in [0.5, 0.6) is 0 Å². The van der Waals surface area contributed by atoms with E-state index in [0.29, 0.717) is 11.3 Å². The fourth-order valence-electron chi connectivity index (χ4n) is 4.09. The van der Waals surface area contributed by atoms with Gasteiger partial charge in [-0.2, -0.15) is 13.2 Å². The maximum atomic E-state index is 12.7. The number of piperidine rings is 1. The average Bonchev–Trinajstić information content (AvgIpc) is 2.78. The summed E-state index contributed by atoms with van der Waals surface area (Å²) in [4.78, 5) is 26.0. The summed E-state index contributed by atoms with van der Waals surface area (Å²) in [5.74, 6) is -0.607. The molecule has 3 rings (SSSR count). The maximum absolute atomic E-state index is 12.7. The summed E-state index contributed by atoms with van der Waals surface area (Å²) in [7, 11) is 0. The third-order valence-corrected chi connectivity index (χ3v) is 6.24. The first-order valence-corrected chi connectivity index (χ1v) is 11.2. The number of amides is 2. The molecule has 0 bridgehead atoms. The minimum Gasteiger partial charge on any atom is -0.369 e. The lowest BCUT2D eigenvalue weighted by molar-refractivity contribution is -0.137. The molecule has 33 heavy (non-hydrogen) atoms. The Morgan fingerprint density at radius 1 is 1.06 bits per heavy atom. The average molecular weight is 462 g/mol. The predicted octanol–water partition coefficient (Wildman–Crippen LogP) is 4.58. The van der Waals surface area contributed by atoms with E-state index in [4.69, 9.17) is 5.73 Å². The number of rotatable bonds is 8. The minimum atomic E-state index is -4.37. The molecule has 5 nitrogen and oxygen atoms in total. The Kier molecular flexibility index (Phi) is 8.13. The van der Waals surface area contributed by atoms with Gasteiger partial charge in [-0.05, 0) is 73.7 Å². The molecule has 3 N–H and O–H groups in total. The topological polar surface area (TPSA) is 75.4 Å². The monoisotopic (exact) mass is 461 g/mol. The van der Waals surface area contributed by atoms with Crippen molar-refractivity contribution in [3.05, 3.63) is 65.2 Å². The Hall–Kier alpha value is -2.87. The zero-order valence-corrected chi connectivity index (χ0v) is 18.7. The number of nitrogens with two attached hydrogens (primary N) is 1. The molecule has 1 unspecified atom stereocenters. The SMILES string of the molecule is CC(CC(=O)Nc1ccc(CCN2CCC(C(N)=O)CC2)cc1)c1ccc(C(F)(F)F)cc1. The van der Waals surface area contributed by atoms with Gasteiger partial charge >= 0.3 is 6.18 Å². The lowest BCUT2D eigenvalue weighted by Gasteiger charge is -2.30. The van der Waals surface area contributed by atoms with Gasteiger partial charge in [0.05, 0.1) is 5.56 Å². The zero-order valence-electron chi connectivity index (χ0n) is 18.7. The molecule has 1 aliphatic heterocycles. The predicted molar refractivity (Wildman–Crippen MR) is 122 cm³/mol. The van der Waals surface area contributed by atoms with Gasteiger partial charge in [0.2, 0.25) is 11.8 Å². The van der Waals surface area contributed by atoms with Crippen LogP contribution >= 0.6 is 0 Å². The number of nitrogens with zero attached hydrogens (tertiary/aromatic N) is 1. The molecule has 1 saturated heterocycles. The van der Waals surface area contributed by atoms with Crippen molar-refractivity contribution < 1.29 is 22.8 Å². The fraction of sp³-hybridized carbons (Fsp3) is 0.440. The molecule has 178 valence electrons. The molecule has 0 radical (unpaired) electrons. The second-order valence-electron chi connectivity index (χ2n) is 8.74. The molecule has 0 aliphatic carbocycles. The highest BCUT2D eigenvalue weighted by Gasteiger charge is 2.30. The second kappa shape index (κ2) is 10.8. The molecule has 8 heteroatoms. The van der Waals surface area contributed by atoms with Crippen molar-refractivity contribution in [2.45, 2.75) is 44.7 Å². The minimum absolute atomic E-state index is 0.00823. The summed E-state index contributed by atoms with van der Waals surface area (Å²) in [6.45, 7) is 4.47. The third kappa shape index (κ3) is 7.32. The molecule has 2 amide bonds. The van der Waals surface area contributed by atoms with Gasteiger partial charge in [0, 0.05) is 24.6 Å². The number of benzene rings is 2. The van der Waals surface area contributed by atoms with Crippen molar-refractivity contribution in [1.29, 1.82) is 0 Å². The Bertz CT molecular complexity index is 935. The lowest BCUT2D eigenvalue weighted by atomic mass is 9.96. The summed E-state index contributed by atoms with van der Waals surface area (Å²) < 4.78 is 38.1. The first kappa shape index (κ1) is 24.8. The van der Waals surface area contributed by atoms with Crippen molar-refractivity contribution >= 4 is 17.5 Å². The van der Waals surface area contributed by atoms with Gasteiger partial charge in [-0.3, -0.25) is 9.59 Å². The summed E-state index contributed by atoms with van der Waals surface area (Å²) in [6.07, 6.45) is -1.70. The van der Waals surface area contributed by atoms with E-state index < -0.39 is 11.7 Å². The smallest absolute Gasteiger partial charge is 0.369 e. The Morgan fingerprint density at radius 2 is 1.67 bits per heavy atom. The number of carbonyl (C=O) groups is 2. The molecule has 0 aromatic heterocycles. The van der Waals surface area contributed by atoms with Crippen LogP contribution in [-0.4, -0.2) is 36.3 Å². The molecule has 0 spiro atoms. The highest BCUT2D eigenvalue weighted by molar-refractivity contribution is 5.91. The van der Waals surface area contributed by atoms with E-state index in [0.717, 1.165) is 56.6 Å². The summed E-state index contributed by atoms with van der Waals surface area (Å²) in [6, 6.07) is 12.6. The number of hydrogen-bond donors (Lipinski definition) is 2. The van der Waals surface area contributed by atoms with Gasteiger partial charge in [0.25, 0.3) is 0 Å². The van der Waals surface area contributed by atoms with Crippen LogP contribution < -0.4 is 11.1 Å². The number of nitrogens with one attached hydrogen (secondary N) is 1. The van der Waals surface area contributed by atoms with Gasteiger partial charge in [-0.15, -0.1) is 0 Å². The first-order valence-electron chi connectivity index (χ1n) is 11.2. The lowest BCUT2D eigenvalue weighted by Crippen LogP contribution is -2.39. The summed E-state index contributed by atoms with van der Waals surface area (Å²) in [5, 5.41) is 2.85. The number of halogens is 3. The maximum Gasteiger partial charge on any atom is 0.416 e. The van der Waals surface area contributed by atoms with Crippen LogP contribution in [0.3, 0.4) is 0 Å². The highest BCUT2D eigenvalue weighted by atomic mass is 19.4. The van der Waals surface area contributed by atoms with E-state index in [1.165, 1.54) is 12.1 Å². The van der Waals surface area contributed by atoms with Crippen LogP contribution in [0.2, 0.25) is 0 Å². The number of hydrogen-bond acceptors (Lipinski definition) is 3. The van der Waals surface area contributed by atoms with E-state index in [-0.39, 0.29) is 30.1 Å². The number of likely N-dealkylation sites (tertiary alicyclic amines) is 1. The number of carbonyl (C=O) groups excluding carboxylic acids is 2. The van der Waals surface area contributed by atoms with Crippen molar-refractivity contribution in [1.82, 2.24) is 4.90 Å². The van der Waals surface area contributed by atoms with E-state index in [2.05, 4.69) is 10.2 Å². The second-order valence-corrected chi connectivity index (χ2v) is 8.74. The van der Waals surface area contributed by atoms with Crippen LogP contribution in [0.25, 0.3) is 0 Å². The molecule has 1 fully saturated rings. The fourth-order valence-corrected chi connectivity index (χ4v) is 4.09. The number of anilines is 1. The van der Waals surface area contributed by atoms with Crippen LogP contribution in [0, 0.1) is 5.92 Å². The van der Waals surface area contributed by atoms with Crippen molar-refractivity contribution in [3.8, 4) is 0 Å². The van der Waals surface area contributed by atoms with E-state index in [1.807, 2.05) is 31.2 Å². The summed E-state index contributed by atoms with van der Waals surface area (Å²) >= 11 is 0. The number of alkyl halides is 3. The van der Waals surface area contributed by atoms with E-state index >= 15 is 0 Å². The summed E-state index contributed by atoms with van der Waals surface area (Å²) in [5.41, 5.74) is 7.21. The highest BCUT2D eigenvalue weighted by Crippen LogP contribution is 2.30. The van der Waals surface area contributed by atoms with Gasteiger partial charge in [0.1, 0.15) is 0 Å². The normalized spacial score (nSPS) is 16.4. The molecule has 1 aliphatic rings. The van der Waals surface area contributed by atoms with E-state index in [9.17, 15) is 22.8 Å². The Balaban J connectivity index is 1.43. The molecular formula is C25H30F3N3O2. The third-order valence-electron chi connectivity index (χ3n) is 6.24. The van der Waals surface area contributed by atoms with Gasteiger partial charge in [-0.25, -0.2) is 0 Å². The Labute approximate surface area is 192 Å². The molecule has 1 atom stereocenters. The van der Waals surface area contributed by atoms with Crippen molar-refractivity contribution in [2.75, 3.05) is 25.0 Å². The molecule has 0 saturated carbocycles. The van der Waals surface area contributed by atoms with Gasteiger partial charge in [0.15, 0.2) is 0 Å². The Morgan fingerprint density at radius 3 is 2.21 bits per heavy atom. The zero-order chi connectivity index (χ0) is 24.0. The molecule has 2 aromatic rings.